The summed E-state index contributed by atoms with van der Waals surface area (Å²) in [7, 11) is 0. The Labute approximate surface area is 119 Å². The summed E-state index contributed by atoms with van der Waals surface area (Å²) in [5.74, 6) is -0.531. The Morgan fingerprint density at radius 3 is 2.65 bits per heavy atom. The van der Waals surface area contributed by atoms with Gasteiger partial charge in [0, 0.05) is 11.8 Å². The monoisotopic (exact) mass is 275 g/mol. The summed E-state index contributed by atoms with van der Waals surface area (Å²) in [5, 5.41) is 2.76. The lowest BCUT2D eigenvalue weighted by atomic mass is 10.0. The van der Waals surface area contributed by atoms with Crippen molar-refractivity contribution in [2.24, 2.45) is 0 Å². The lowest BCUT2D eigenvalue weighted by molar-refractivity contribution is -0.142. The number of benzene rings is 1. The molecule has 0 bridgehead atoms. The lowest BCUT2D eigenvalue weighted by Crippen LogP contribution is -2.21. The second-order valence-electron chi connectivity index (χ2n) is 4.71. The van der Waals surface area contributed by atoms with Gasteiger partial charge < -0.3 is 10.1 Å². The fraction of sp³-hybridized carbons (Fsp3) is 0.375. The number of nitrogens with one attached hydrogen (secondary N) is 1. The second kappa shape index (κ2) is 8.15. The molecule has 1 amide bonds. The number of esters is 1. The van der Waals surface area contributed by atoms with Crippen molar-refractivity contribution in [2.45, 2.75) is 33.1 Å². The van der Waals surface area contributed by atoms with Gasteiger partial charge in [0.05, 0.1) is 0 Å². The van der Waals surface area contributed by atoms with Crippen molar-refractivity contribution in [3.8, 4) is 0 Å². The van der Waals surface area contributed by atoms with E-state index < -0.39 is 5.97 Å². The van der Waals surface area contributed by atoms with E-state index in [1.807, 2.05) is 31.2 Å². The molecule has 0 fully saturated rings. The van der Waals surface area contributed by atoms with E-state index in [2.05, 4.69) is 19.2 Å². The standard InChI is InChI=1S/C16H21NO3/c1-4-5-10-16(19)20-11-15(18)17-14-9-7-6-8-13(14)12(2)3/h5-10,12H,4,11H2,1-3H3,(H,17,18)/b10-5+. The first-order valence-corrected chi connectivity index (χ1v) is 6.76. The maximum absolute atomic E-state index is 11.8. The maximum atomic E-state index is 11.8. The van der Waals surface area contributed by atoms with E-state index in [0.29, 0.717) is 5.92 Å². The smallest absolute Gasteiger partial charge is 0.330 e. The fourth-order valence-corrected chi connectivity index (χ4v) is 1.70. The Hall–Kier alpha value is -2.10. The summed E-state index contributed by atoms with van der Waals surface area (Å²) in [5.41, 5.74) is 1.81. The molecule has 0 aromatic heterocycles. The molecular formula is C16H21NO3. The van der Waals surface area contributed by atoms with Gasteiger partial charge in [0.15, 0.2) is 6.61 Å². The van der Waals surface area contributed by atoms with E-state index in [0.717, 1.165) is 17.7 Å². The third-order valence-corrected chi connectivity index (χ3v) is 2.69. The highest BCUT2D eigenvalue weighted by molar-refractivity contribution is 5.94. The summed E-state index contributed by atoms with van der Waals surface area (Å²) >= 11 is 0. The van der Waals surface area contributed by atoms with Crippen molar-refractivity contribution < 1.29 is 14.3 Å². The van der Waals surface area contributed by atoms with Gasteiger partial charge in [-0.05, 0) is 24.0 Å². The van der Waals surface area contributed by atoms with E-state index in [4.69, 9.17) is 4.74 Å². The highest BCUT2D eigenvalue weighted by Crippen LogP contribution is 2.23. The Bertz CT molecular complexity index is 492. The first-order valence-electron chi connectivity index (χ1n) is 6.76. The Morgan fingerprint density at radius 1 is 1.30 bits per heavy atom. The molecule has 0 aliphatic carbocycles. The topological polar surface area (TPSA) is 55.4 Å². The van der Waals surface area contributed by atoms with Crippen molar-refractivity contribution in [1.29, 1.82) is 0 Å². The normalized spacial score (nSPS) is 10.8. The van der Waals surface area contributed by atoms with Gasteiger partial charge in [-0.25, -0.2) is 4.79 Å². The van der Waals surface area contributed by atoms with Crippen LogP contribution < -0.4 is 5.32 Å². The summed E-state index contributed by atoms with van der Waals surface area (Å²) in [6, 6.07) is 7.60. The van der Waals surface area contributed by atoms with Gasteiger partial charge in [-0.3, -0.25) is 4.79 Å². The minimum Gasteiger partial charge on any atom is -0.452 e. The average Bonchev–Trinajstić information content (AvgIpc) is 2.43. The maximum Gasteiger partial charge on any atom is 0.330 e. The van der Waals surface area contributed by atoms with Gasteiger partial charge in [0.25, 0.3) is 5.91 Å². The zero-order valence-electron chi connectivity index (χ0n) is 12.2. The molecule has 0 aliphatic rings. The molecule has 1 N–H and O–H groups in total. The van der Waals surface area contributed by atoms with Crippen LogP contribution in [0.2, 0.25) is 0 Å². The van der Waals surface area contributed by atoms with Crippen LogP contribution in [-0.4, -0.2) is 18.5 Å². The number of allylic oxidation sites excluding steroid dienone is 1. The van der Waals surface area contributed by atoms with Gasteiger partial charge in [0.2, 0.25) is 0 Å². The number of ether oxygens (including phenoxy) is 1. The zero-order chi connectivity index (χ0) is 15.0. The molecule has 0 saturated heterocycles. The van der Waals surface area contributed by atoms with Crippen molar-refractivity contribution in [3.63, 3.8) is 0 Å². The molecule has 0 aliphatic heterocycles. The van der Waals surface area contributed by atoms with Crippen LogP contribution in [0.4, 0.5) is 5.69 Å². The van der Waals surface area contributed by atoms with E-state index in [9.17, 15) is 9.59 Å². The van der Waals surface area contributed by atoms with Crippen LogP contribution in [0.5, 0.6) is 0 Å². The van der Waals surface area contributed by atoms with Crippen LogP contribution in [0, 0.1) is 0 Å². The van der Waals surface area contributed by atoms with Crippen LogP contribution in [0.25, 0.3) is 0 Å². The molecule has 0 radical (unpaired) electrons. The molecule has 0 atom stereocenters. The Kier molecular flexibility index (Phi) is 6.50. The van der Waals surface area contributed by atoms with Gasteiger partial charge >= 0.3 is 5.97 Å². The molecule has 0 saturated carbocycles. The molecule has 0 spiro atoms. The number of carbonyl (C=O) groups is 2. The second-order valence-corrected chi connectivity index (χ2v) is 4.71. The van der Waals surface area contributed by atoms with Gasteiger partial charge in [-0.2, -0.15) is 0 Å². The van der Waals surface area contributed by atoms with Gasteiger partial charge in [-0.1, -0.05) is 45.0 Å². The van der Waals surface area contributed by atoms with Crippen molar-refractivity contribution in [1.82, 2.24) is 0 Å². The highest BCUT2D eigenvalue weighted by atomic mass is 16.5. The lowest BCUT2D eigenvalue weighted by Gasteiger charge is -2.13. The van der Waals surface area contributed by atoms with E-state index in [-0.39, 0.29) is 12.5 Å². The zero-order valence-corrected chi connectivity index (χ0v) is 12.2. The van der Waals surface area contributed by atoms with Crippen LogP contribution in [0.15, 0.2) is 36.4 Å². The quantitative estimate of drug-likeness (QED) is 0.640. The first-order chi connectivity index (χ1) is 9.54. The number of amides is 1. The predicted molar refractivity (Wildman–Crippen MR) is 79.6 cm³/mol. The molecule has 1 rings (SSSR count). The number of carbonyl (C=O) groups excluding carboxylic acids is 2. The Balaban J connectivity index is 2.55. The van der Waals surface area contributed by atoms with Gasteiger partial charge in [-0.15, -0.1) is 0 Å². The van der Waals surface area contributed by atoms with Gasteiger partial charge in [0.1, 0.15) is 0 Å². The number of hydrogen-bond acceptors (Lipinski definition) is 3. The van der Waals surface area contributed by atoms with Crippen LogP contribution in [0.1, 0.15) is 38.7 Å². The number of rotatable bonds is 6. The van der Waals surface area contributed by atoms with Crippen molar-refractivity contribution >= 4 is 17.6 Å². The summed E-state index contributed by atoms with van der Waals surface area (Å²) in [6.07, 6.45) is 3.77. The molecule has 4 nitrogen and oxygen atoms in total. The van der Waals surface area contributed by atoms with Crippen LogP contribution >= 0.6 is 0 Å². The van der Waals surface area contributed by atoms with Crippen molar-refractivity contribution in [2.75, 3.05) is 11.9 Å². The van der Waals surface area contributed by atoms with E-state index in [1.165, 1.54) is 6.08 Å². The molecule has 1 aromatic rings. The summed E-state index contributed by atoms with van der Waals surface area (Å²) in [6.45, 7) is 5.75. The largest absolute Gasteiger partial charge is 0.452 e. The number of hydrogen-bond donors (Lipinski definition) is 1. The van der Waals surface area contributed by atoms with E-state index >= 15 is 0 Å². The average molecular weight is 275 g/mol. The Morgan fingerprint density at radius 2 is 2.00 bits per heavy atom. The first kappa shape index (κ1) is 16.0. The minimum atomic E-state index is -0.501. The third kappa shape index (κ3) is 5.26. The SMILES string of the molecule is CC/C=C/C(=O)OCC(=O)Nc1ccccc1C(C)C. The molecule has 108 valence electrons. The molecule has 20 heavy (non-hydrogen) atoms. The highest BCUT2D eigenvalue weighted by Gasteiger charge is 2.10. The predicted octanol–water partition coefficient (Wildman–Crippen LogP) is 3.26. The number of para-hydroxylation sites is 1. The molecule has 4 heteroatoms. The van der Waals surface area contributed by atoms with E-state index in [1.54, 1.807) is 6.08 Å². The van der Waals surface area contributed by atoms with Crippen LogP contribution in [-0.2, 0) is 14.3 Å². The molecule has 1 aromatic carbocycles. The minimum absolute atomic E-state index is 0.278. The molecule has 0 heterocycles. The summed E-state index contributed by atoms with van der Waals surface area (Å²) < 4.78 is 4.84. The molecular weight excluding hydrogens is 254 g/mol. The summed E-state index contributed by atoms with van der Waals surface area (Å²) in [4.78, 5) is 23.0. The van der Waals surface area contributed by atoms with Crippen molar-refractivity contribution in [3.05, 3.63) is 42.0 Å². The molecule has 0 unspecified atom stereocenters. The van der Waals surface area contributed by atoms with Crippen LogP contribution in [0.3, 0.4) is 0 Å². The third-order valence-electron chi connectivity index (χ3n) is 2.69. The number of anilines is 1. The fourth-order valence-electron chi connectivity index (χ4n) is 1.70.